The third-order valence-electron chi connectivity index (χ3n) is 9.62. The van der Waals surface area contributed by atoms with Crippen LogP contribution in [0.1, 0.15) is 78.6 Å². The van der Waals surface area contributed by atoms with Gasteiger partial charge in [0.2, 0.25) is 0 Å². The first kappa shape index (κ1) is 16.4. The predicted molar refractivity (Wildman–Crippen MR) is 93.1 cm³/mol. The Labute approximate surface area is 142 Å². The van der Waals surface area contributed by atoms with Gasteiger partial charge in [0.1, 0.15) is 0 Å². The van der Waals surface area contributed by atoms with Gasteiger partial charge in [0.25, 0.3) is 0 Å². The molecule has 4 fully saturated rings. The number of aliphatic hydroxyl groups is 1. The van der Waals surface area contributed by atoms with E-state index < -0.39 is 0 Å². The van der Waals surface area contributed by atoms with Crippen molar-refractivity contribution in [1.29, 1.82) is 0 Å². The fourth-order valence-electron chi connectivity index (χ4n) is 7.80. The highest BCUT2D eigenvalue weighted by molar-refractivity contribution is 5.13. The minimum absolute atomic E-state index is 0.0262. The van der Waals surface area contributed by atoms with Gasteiger partial charge in [0.05, 0.1) is 11.7 Å². The summed E-state index contributed by atoms with van der Waals surface area (Å²) < 4.78 is 6.06. The predicted octanol–water partition coefficient (Wildman–Crippen LogP) is 4.80. The van der Waals surface area contributed by atoms with E-state index >= 15 is 0 Å². The van der Waals surface area contributed by atoms with Crippen LogP contribution in [0.5, 0.6) is 0 Å². The van der Waals surface area contributed by atoms with Crippen LogP contribution >= 0.6 is 0 Å². The second kappa shape index (κ2) is 5.21. The zero-order valence-electron chi connectivity index (χ0n) is 15.6. The summed E-state index contributed by atoms with van der Waals surface area (Å²) in [5.74, 6) is 3.43. The van der Waals surface area contributed by atoms with E-state index in [0.717, 1.165) is 36.5 Å². The molecule has 2 heteroatoms. The van der Waals surface area contributed by atoms with Gasteiger partial charge in [-0.15, -0.1) is 0 Å². The van der Waals surface area contributed by atoms with Gasteiger partial charge in [-0.1, -0.05) is 13.8 Å². The van der Waals surface area contributed by atoms with Gasteiger partial charge < -0.3 is 9.84 Å². The molecule has 0 saturated heterocycles. The number of rotatable bonds is 1. The van der Waals surface area contributed by atoms with Gasteiger partial charge in [0, 0.05) is 7.11 Å². The largest absolute Gasteiger partial charge is 0.393 e. The maximum absolute atomic E-state index is 10.1. The number of aliphatic hydroxyl groups excluding tert-OH is 1. The van der Waals surface area contributed by atoms with Crippen molar-refractivity contribution in [2.45, 2.75) is 90.3 Å². The van der Waals surface area contributed by atoms with Crippen molar-refractivity contribution in [3.05, 3.63) is 0 Å². The van der Waals surface area contributed by atoms with Gasteiger partial charge in [-0.25, -0.2) is 0 Å². The third-order valence-corrected chi connectivity index (χ3v) is 9.62. The SMILES string of the molecule is COC1(C)CC[C@H]2[C@@H]3CCC4CC(O)CC[C@]4(C)[C@@H]3CC[C@@]21C. The lowest BCUT2D eigenvalue weighted by Gasteiger charge is -2.61. The molecule has 4 saturated carbocycles. The first-order valence-corrected chi connectivity index (χ1v) is 10.1. The lowest BCUT2D eigenvalue weighted by Crippen LogP contribution is -2.56. The maximum Gasteiger partial charge on any atom is 0.0706 e. The van der Waals surface area contributed by atoms with Crippen LogP contribution in [0.15, 0.2) is 0 Å². The van der Waals surface area contributed by atoms with E-state index in [9.17, 15) is 5.11 Å². The molecule has 0 aromatic heterocycles. The Hall–Kier alpha value is -0.0800. The standard InChI is InChI=1S/C21H36O2/c1-19-10-7-15(22)13-14(19)5-6-16-17(19)8-11-20(2)18(16)9-12-21(20,3)23-4/h14-18,22H,5-13H2,1-4H3/t14?,15?,16-,17-,18+,19+,20+,21?/m1/s1. The number of methoxy groups -OCH3 is 1. The van der Waals surface area contributed by atoms with E-state index in [0.29, 0.717) is 10.8 Å². The van der Waals surface area contributed by atoms with Crippen LogP contribution in [-0.2, 0) is 4.74 Å². The fourth-order valence-corrected chi connectivity index (χ4v) is 7.80. The molecule has 4 aliphatic rings. The summed E-state index contributed by atoms with van der Waals surface area (Å²) >= 11 is 0. The van der Waals surface area contributed by atoms with E-state index in [-0.39, 0.29) is 11.7 Å². The molecule has 8 atom stereocenters. The molecule has 3 unspecified atom stereocenters. The molecule has 132 valence electrons. The van der Waals surface area contributed by atoms with Crippen molar-refractivity contribution in [2.75, 3.05) is 7.11 Å². The lowest BCUT2D eigenvalue weighted by atomic mass is 9.44. The Morgan fingerprint density at radius 2 is 1.61 bits per heavy atom. The van der Waals surface area contributed by atoms with Crippen LogP contribution < -0.4 is 0 Å². The fraction of sp³-hybridized carbons (Fsp3) is 1.00. The van der Waals surface area contributed by atoms with Crippen molar-refractivity contribution >= 4 is 0 Å². The molecule has 23 heavy (non-hydrogen) atoms. The highest BCUT2D eigenvalue weighted by atomic mass is 16.5. The Morgan fingerprint density at radius 3 is 2.35 bits per heavy atom. The smallest absolute Gasteiger partial charge is 0.0706 e. The molecule has 0 radical (unpaired) electrons. The molecule has 1 N–H and O–H groups in total. The number of fused-ring (bicyclic) bond motifs is 5. The molecule has 0 aliphatic heterocycles. The van der Waals surface area contributed by atoms with Crippen molar-refractivity contribution in [2.24, 2.45) is 34.5 Å². The molecule has 0 amide bonds. The first-order valence-electron chi connectivity index (χ1n) is 10.1. The second-order valence-corrected chi connectivity index (χ2v) is 10.0. The topological polar surface area (TPSA) is 29.5 Å². The minimum atomic E-state index is -0.0262. The summed E-state index contributed by atoms with van der Waals surface area (Å²) in [5.41, 5.74) is 0.957. The third kappa shape index (κ3) is 2.06. The lowest BCUT2D eigenvalue weighted by molar-refractivity contribution is -0.162. The summed E-state index contributed by atoms with van der Waals surface area (Å²) in [6.07, 6.45) is 11.4. The molecule has 0 aromatic carbocycles. The molecule has 2 nitrogen and oxygen atoms in total. The number of hydrogen-bond acceptors (Lipinski definition) is 2. The summed E-state index contributed by atoms with van der Waals surface area (Å²) in [4.78, 5) is 0. The van der Waals surface area contributed by atoms with Gasteiger partial charge >= 0.3 is 0 Å². The summed E-state index contributed by atoms with van der Waals surface area (Å²) in [6.45, 7) is 7.48. The van der Waals surface area contributed by atoms with Gasteiger partial charge in [-0.3, -0.25) is 0 Å². The molecule has 0 aromatic rings. The van der Waals surface area contributed by atoms with E-state index in [4.69, 9.17) is 4.74 Å². The van der Waals surface area contributed by atoms with E-state index in [2.05, 4.69) is 20.8 Å². The summed E-state index contributed by atoms with van der Waals surface area (Å²) in [6, 6.07) is 0. The van der Waals surface area contributed by atoms with Crippen LogP contribution in [0.4, 0.5) is 0 Å². The quantitative estimate of drug-likeness (QED) is 0.752. The highest BCUT2D eigenvalue weighted by Crippen LogP contribution is 2.68. The zero-order valence-corrected chi connectivity index (χ0v) is 15.6. The molecule has 4 rings (SSSR count). The normalized spacial score (nSPS) is 59.1. The summed E-state index contributed by atoms with van der Waals surface area (Å²) in [7, 11) is 1.93. The second-order valence-electron chi connectivity index (χ2n) is 10.0. The monoisotopic (exact) mass is 320 g/mol. The van der Waals surface area contributed by atoms with Crippen molar-refractivity contribution in [1.82, 2.24) is 0 Å². The Kier molecular flexibility index (Phi) is 3.71. The zero-order chi connectivity index (χ0) is 16.5. The van der Waals surface area contributed by atoms with Gasteiger partial charge in [-0.05, 0) is 99.2 Å². The van der Waals surface area contributed by atoms with Crippen molar-refractivity contribution in [3.8, 4) is 0 Å². The molecule has 0 spiro atoms. The molecule has 4 aliphatic carbocycles. The van der Waals surface area contributed by atoms with Crippen LogP contribution in [0.2, 0.25) is 0 Å². The molecule has 0 heterocycles. The number of hydrogen-bond donors (Lipinski definition) is 1. The van der Waals surface area contributed by atoms with E-state index in [1.807, 2.05) is 7.11 Å². The Morgan fingerprint density at radius 1 is 0.870 bits per heavy atom. The first-order chi connectivity index (χ1) is 10.8. The van der Waals surface area contributed by atoms with Gasteiger partial charge in [0.15, 0.2) is 0 Å². The Bertz CT molecular complexity index is 476. The van der Waals surface area contributed by atoms with E-state index in [1.165, 1.54) is 44.9 Å². The maximum atomic E-state index is 10.1. The van der Waals surface area contributed by atoms with Crippen LogP contribution in [0, 0.1) is 34.5 Å². The Balaban J connectivity index is 1.63. The van der Waals surface area contributed by atoms with Crippen LogP contribution in [-0.4, -0.2) is 23.9 Å². The van der Waals surface area contributed by atoms with E-state index in [1.54, 1.807) is 0 Å². The molecular weight excluding hydrogens is 284 g/mol. The molecular formula is C21H36O2. The summed E-state index contributed by atoms with van der Waals surface area (Å²) in [5, 5.41) is 10.1. The van der Waals surface area contributed by atoms with Crippen molar-refractivity contribution in [3.63, 3.8) is 0 Å². The highest BCUT2D eigenvalue weighted by Gasteiger charge is 2.63. The number of ether oxygens (including phenoxy) is 1. The average Bonchev–Trinajstić information content (AvgIpc) is 2.80. The van der Waals surface area contributed by atoms with Crippen LogP contribution in [0.25, 0.3) is 0 Å². The van der Waals surface area contributed by atoms with Crippen LogP contribution in [0.3, 0.4) is 0 Å². The average molecular weight is 321 g/mol. The minimum Gasteiger partial charge on any atom is -0.393 e. The molecule has 0 bridgehead atoms. The van der Waals surface area contributed by atoms with Gasteiger partial charge in [-0.2, -0.15) is 0 Å². The van der Waals surface area contributed by atoms with Crippen molar-refractivity contribution < 1.29 is 9.84 Å².